The first kappa shape index (κ1) is 25.7. The monoisotopic (exact) mass is 526 g/mol. The molecule has 1 saturated heterocycles. The molecule has 0 bridgehead atoms. The Morgan fingerprint density at radius 2 is 1.68 bits per heavy atom. The van der Waals surface area contributed by atoms with E-state index in [1.165, 1.54) is 15.7 Å². The highest BCUT2D eigenvalue weighted by Gasteiger charge is 2.34. The van der Waals surface area contributed by atoms with Crippen LogP contribution in [0, 0.1) is 0 Å². The van der Waals surface area contributed by atoms with Crippen LogP contribution >= 0.6 is 11.6 Å². The number of aromatic nitrogens is 2. The third kappa shape index (κ3) is 4.40. The minimum atomic E-state index is -0.301. The second-order valence-corrected chi connectivity index (χ2v) is 10.2. The van der Waals surface area contributed by atoms with Gasteiger partial charge in [-0.05, 0) is 81.0 Å². The summed E-state index contributed by atoms with van der Waals surface area (Å²) in [5.41, 5.74) is 3.68. The molecule has 0 spiro atoms. The van der Waals surface area contributed by atoms with Crippen LogP contribution in [0.4, 0.5) is 4.79 Å². The highest BCUT2D eigenvalue weighted by molar-refractivity contribution is 6.31. The van der Waals surface area contributed by atoms with Crippen LogP contribution in [-0.2, 0) is 6.42 Å². The van der Waals surface area contributed by atoms with Gasteiger partial charge in [0.05, 0.1) is 25.3 Å². The number of carbonyl (C=O) groups excluding carboxylic acids is 1. The smallest absolute Gasteiger partial charge is 0.337 e. The van der Waals surface area contributed by atoms with Gasteiger partial charge in [0.2, 0.25) is 0 Å². The van der Waals surface area contributed by atoms with Gasteiger partial charge >= 0.3 is 11.7 Å². The number of imidazole rings is 1. The molecule has 0 saturated carbocycles. The van der Waals surface area contributed by atoms with Gasteiger partial charge in [0.25, 0.3) is 0 Å². The highest BCUT2D eigenvalue weighted by Crippen LogP contribution is 2.43. The molecular weight excluding hydrogens is 492 g/mol. The molecule has 0 radical (unpaired) electrons. The normalized spacial score (nSPS) is 18.2. The average molecular weight is 527 g/mol. The summed E-state index contributed by atoms with van der Waals surface area (Å²) in [6.07, 6.45) is 3.74. The number of piperidine rings is 1. The van der Waals surface area contributed by atoms with Crippen molar-refractivity contribution in [3.63, 3.8) is 0 Å². The number of hydrogen-bond donors (Lipinski definition) is 0. The highest BCUT2D eigenvalue weighted by atomic mass is 35.5. The van der Waals surface area contributed by atoms with E-state index in [0.29, 0.717) is 29.7 Å². The van der Waals surface area contributed by atoms with Crippen LogP contribution in [0.2, 0.25) is 5.02 Å². The molecule has 1 fully saturated rings. The fourth-order valence-corrected chi connectivity index (χ4v) is 6.28. The third-order valence-electron chi connectivity index (χ3n) is 8.06. The first-order valence-electron chi connectivity index (χ1n) is 13.1. The van der Waals surface area contributed by atoms with Gasteiger partial charge < -0.3 is 14.4 Å². The summed E-state index contributed by atoms with van der Waals surface area (Å²) in [5.74, 6) is 1.54. The fraction of sp³-hybridized carbons (Fsp3) is 0.500. The van der Waals surface area contributed by atoms with E-state index < -0.39 is 0 Å². The maximum atomic E-state index is 13.7. The number of benzene rings is 2. The fourth-order valence-electron chi connectivity index (χ4n) is 6.11. The molecule has 5 rings (SSSR count). The van der Waals surface area contributed by atoms with Gasteiger partial charge in [-0.15, -0.1) is 0 Å². The number of nitrogens with zero attached hydrogens (tertiary/aromatic N) is 4. The molecule has 3 aromatic rings. The summed E-state index contributed by atoms with van der Waals surface area (Å²) in [5, 5.41) is 0.507. The molecule has 1 amide bonds. The van der Waals surface area contributed by atoms with E-state index in [9.17, 15) is 9.59 Å². The van der Waals surface area contributed by atoms with Crippen molar-refractivity contribution in [2.45, 2.75) is 51.6 Å². The van der Waals surface area contributed by atoms with Gasteiger partial charge in [0.1, 0.15) is 0 Å². The molecular formula is C28H35ClN4O4. The second kappa shape index (κ2) is 10.4. The third-order valence-corrected chi connectivity index (χ3v) is 8.29. The Morgan fingerprint density at radius 3 is 2.32 bits per heavy atom. The zero-order chi connectivity index (χ0) is 26.3. The van der Waals surface area contributed by atoms with Gasteiger partial charge in [-0.2, -0.15) is 0 Å². The van der Waals surface area contributed by atoms with Gasteiger partial charge in [-0.1, -0.05) is 11.6 Å². The zero-order valence-electron chi connectivity index (χ0n) is 22.0. The van der Waals surface area contributed by atoms with Crippen molar-refractivity contribution in [3.8, 4) is 11.5 Å². The Balaban J connectivity index is 1.42. The lowest BCUT2D eigenvalue weighted by molar-refractivity contribution is 0.134. The van der Waals surface area contributed by atoms with Crippen molar-refractivity contribution in [1.29, 1.82) is 0 Å². The van der Waals surface area contributed by atoms with E-state index in [1.807, 2.05) is 24.5 Å². The van der Waals surface area contributed by atoms with Crippen molar-refractivity contribution in [2.24, 2.45) is 0 Å². The van der Waals surface area contributed by atoms with Gasteiger partial charge in [0.15, 0.2) is 11.5 Å². The van der Waals surface area contributed by atoms with Crippen LogP contribution in [-0.4, -0.2) is 65.4 Å². The van der Waals surface area contributed by atoms with Gasteiger partial charge in [-0.25, -0.2) is 14.2 Å². The minimum absolute atomic E-state index is 0.0180. The molecule has 198 valence electrons. The first-order chi connectivity index (χ1) is 17.9. The number of carbonyl (C=O) groups is 1. The van der Waals surface area contributed by atoms with Crippen molar-refractivity contribution in [3.05, 3.63) is 57.0 Å². The van der Waals surface area contributed by atoms with Gasteiger partial charge in [-0.3, -0.25) is 9.47 Å². The number of aryl methyl sites for hydroxylation is 1. The SMILES string of the molecule is CCN(CC)C(=O)n1c(=O)n(C2CCN(C3CCc4cc(OC)c(OC)cc43)CC2)c2ccc(Cl)cc21. The summed E-state index contributed by atoms with van der Waals surface area (Å²) in [7, 11) is 3.34. The van der Waals surface area contributed by atoms with Crippen molar-refractivity contribution >= 4 is 28.7 Å². The van der Waals surface area contributed by atoms with Crippen LogP contribution in [0.15, 0.2) is 35.1 Å². The number of halogens is 1. The lowest BCUT2D eigenvalue weighted by Gasteiger charge is -2.37. The maximum Gasteiger partial charge on any atom is 0.337 e. The largest absolute Gasteiger partial charge is 0.493 e. The number of fused-ring (bicyclic) bond motifs is 2. The van der Waals surface area contributed by atoms with Crippen molar-refractivity contribution in [1.82, 2.24) is 18.9 Å². The molecule has 1 aromatic heterocycles. The van der Waals surface area contributed by atoms with Crippen molar-refractivity contribution in [2.75, 3.05) is 40.4 Å². The molecule has 2 aliphatic rings. The Kier molecular flexibility index (Phi) is 7.23. The van der Waals surface area contributed by atoms with E-state index in [0.717, 1.165) is 55.8 Å². The van der Waals surface area contributed by atoms with Crippen LogP contribution < -0.4 is 15.2 Å². The van der Waals surface area contributed by atoms with E-state index in [-0.39, 0.29) is 17.8 Å². The Hall–Kier alpha value is -2.97. The van der Waals surface area contributed by atoms with E-state index in [4.69, 9.17) is 21.1 Å². The average Bonchev–Trinajstić information content (AvgIpc) is 3.45. The number of rotatable bonds is 6. The van der Waals surface area contributed by atoms with E-state index >= 15 is 0 Å². The molecule has 0 N–H and O–H groups in total. The first-order valence-corrected chi connectivity index (χ1v) is 13.5. The Morgan fingerprint density at radius 1 is 1.00 bits per heavy atom. The molecule has 1 aliphatic carbocycles. The molecule has 37 heavy (non-hydrogen) atoms. The van der Waals surface area contributed by atoms with Crippen LogP contribution in [0.25, 0.3) is 11.0 Å². The predicted molar refractivity (Wildman–Crippen MR) is 145 cm³/mol. The molecule has 2 heterocycles. The zero-order valence-corrected chi connectivity index (χ0v) is 22.8. The van der Waals surface area contributed by atoms with Crippen molar-refractivity contribution < 1.29 is 14.3 Å². The molecule has 1 atom stereocenters. The quantitative estimate of drug-likeness (QED) is 0.446. The predicted octanol–water partition coefficient (Wildman–Crippen LogP) is 5.11. The Bertz CT molecular complexity index is 1370. The summed E-state index contributed by atoms with van der Waals surface area (Å²) < 4.78 is 14.2. The lowest BCUT2D eigenvalue weighted by atomic mass is 9.99. The number of hydrogen-bond acceptors (Lipinski definition) is 5. The Labute approximate surface area is 222 Å². The van der Waals surface area contributed by atoms with Gasteiger partial charge in [0, 0.05) is 43.3 Å². The number of methoxy groups -OCH3 is 2. The number of amides is 1. The van der Waals surface area contributed by atoms with E-state index in [2.05, 4.69) is 17.0 Å². The maximum absolute atomic E-state index is 13.7. The summed E-state index contributed by atoms with van der Waals surface area (Å²) >= 11 is 6.29. The standard InChI is InChI=1S/C28H35ClN4O4/c1-5-30(6-2)27(34)33-24-16-19(29)8-10-23(24)32(28(33)35)20-11-13-31(14-12-20)22-9-7-18-15-25(36-3)26(37-4)17-21(18)22/h8,10,15-17,20,22H,5-7,9,11-14H2,1-4H3. The van der Waals surface area contributed by atoms with Crippen LogP contribution in [0.1, 0.15) is 56.3 Å². The minimum Gasteiger partial charge on any atom is -0.493 e. The molecule has 2 aromatic carbocycles. The lowest BCUT2D eigenvalue weighted by Crippen LogP contribution is -2.42. The van der Waals surface area contributed by atoms with E-state index in [1.54, 1.807) is 31.3 Å². The number of likely N-dealkylation sites (tertiary alicyclic amines) is 1. The molecule has 8 nitrogen and oxygen atoms in total. The van der Waals surface area contributed by atoms with Crippen LogP contribution in [0.5, 0.6) is 11.5 Å². The molecule has 9 heteroatoms. The molecule has 1 unspecified atom stereocenters. The van der Waals surface area contributed by atoms with Crippen LogP contribution in [0.3, 0.4) is 0 Å². The summed E-state index contributed by atoms with van der Waals surface area (Å²) in [4.78, 5) is 31.2. The summed E-state index contributed by atoms with van der Waals surface area (Å²) in [6, 6.07) is 9.66. The summed E-state index contributed by atoms with van der Waals surface area (Å²) in [6.45, 7) is 6.65. The number of ether oxygens (including phenoxy) is 2. The topological polar surface area (TPSA) is 68.9 Å². The molecule has 1 aliphatic heterocycles. The second-order valence-electron chi connectivity index (χ2n) is 9.80.